The zero-order valence-electron chi connectivity index (χ0n) is 12.3. The zero-order chi connectivity index (χ0) is 13.7. The third kappa shape index (κ3) is 4.54. The molecule has 0 bridgehead atoms. The Balaban J connectivity index is 1.77. The molecule has 2 heteroatoms. The number of thioether (sulfide) groups is 1. The van der Waals surface area contributed by atoms with Gasteiger partial charge in [-0.05, 0) is 43.7 Å². The Morgan fingerprint density at radius 1 is 1.26 bits per heavy atom. The second kappa shape index (κ2) is 7.35. The second-order valence-electron chi connectivity index (χ2n) is 5.98. The number of aryl methyl sites for hydroxylation is 1. The summed E-state index contributed by atoms with van der Waals surface area (Å²) in [5.74, 6) is 2.78. The van der Waals surface area contributed by atoms with Gasteiger partial charge in [0.25, 0.3) is 0 Å². The van der Waals surface area contributed by atoms with Gasteiger partial charge in [0.1, 0.15) is 0 Å². The van der Waals surface area contributed by atoms with Crippen LogP contribution in [0.1, 0.15) is 44.6 Å². The van der Waals surface area contributed by atoms with E-state index in [1.807, 2.05) is 11.8 Å². The smallest absolute Gasteiger partial charge is 0.0162 e. The molecule has 1 saturated carbocycles. The van der Waals surface area contributed by atoms with Crippen molar-refractivity contribution in [2.75, 3.05) is 5.75 Å². The number of nitrogens with two attached hydrogens (primary N) is 1. The van der Waals surface area contributed by atoms with Gasteiger partial charge in [-0.25, -0.2) is 0 Å². The van der Waals surface area contributed by atoms with Crippen LogP contribution in [0.25, 0.3) is 0 Å². The monoisotopic (exact) mass is 277 g/mol. The molecule has 0 aliphatic heterocycles. The maximum Gasteiger partial charge on any atom is 0.0162 e. The van der Waals surface area contributed by atoms with Crippen LogP contribution in [0.5, 0.6) is 0 Å². The molecule has 2 N–H and O–H groups in total. The lowest BCUT2D eigenvalue weighted by Gasteiger charge is -2.31. The molecule has 1 aliphatic carbocycles. The normalized spacial score (nSPS) is 25.2. The highest BCUT2D eigenvalue weighted by Gasteiger charge is 2.24. The van der Waals surface area contributed by atoms with Gasteiger partial charge in [-0.2, -0.15) is 0 Å². The Hall–Kier alpha value is -0.470. The van der Waals surface area contributed by atoms with Gasteiger partial charge in [0.2, 0.25) is 0 Å². The summed E-state index contributed by atoms with van der Waals surface area (Å²) in [6.07, 6.45) is 6.82. The van der Waals surface area contributed by atoms with Crippen LogP contribution in [0, 0.1) is 18.8 Å². The summed E-state index contributed by atoms with van der Waals surface area (Å²) >= 11 is 1.92. The summed E-state index contributed by atoms with van der Waals surface area (Å²) < 4.78 is 0. The molecule has 1 nitrogen and oxygen atoms in total. The van der Waals surface area contributed by atoms with Crippen LogP contribution in [0.3, 0.4) is 0 Å². The van der Waals surface area contributed by atoms with Crippen molar-refractivity contribution in [3.63, 3.8) is 0 Å². The molecular weight excluding hydrogens is 250 g/mol. The Labute approximate surface area is 122 Å². The lowest BCUT2D eigenvalue weighted by atomic mass is 9.78. The number of rotatable bonds is 5. The predicted octanol–water partition coefficient (Wildman–Crippen LogP) is 4.63. The molecule has 0 radical (unpaired) electrons. The van der Waals surface area contributed by atoms with Gasteiger partial charge in [0.05, 0.1) is 0 Å². The molecule has 1 atom stereocenters. The van der Waals surface area contributed by atoms with Crippen LogP contribution < -0.4 is 5.73 Å². The van der Waals surface area contributed by atoms with Gasteiger partial charge in [0, 0.05) is 16.7 Å². The third-order valence-electron chi connectivity index (χ3n) is 4.51. The van der Waals surface area contributed by atoms with Gasteiger partial charge in [-0.1, -0.05) is 43.9 Å². The SMILES string of the molecule is CCC1CCC(C(N)CSc2cccc(C)c2)CC1. The molecule has 0 spiro atoms. The molecular formula is C17H27NS. The average molecular weight is 277 g/mol. The fraction of sp³-hybridized carbons (Fsp3) is 0.647. The van der Waals surface area contributed by atoms with Crippen molar-refractivity contribution in [3.05, 3.63) is 29.8 Å². The van der Waals surface area contributed by atoms with Crippen LogP contribution in [0.2, 0.25) is 0 Å². The minimum atomic E-state index is 0.364. The first kappa shape index (κ1) is 14.9. The quantitative estimate of drug-likeness (QED) is 0.794. The minimum absolute atomic E-state index is 0.364. The Morgan fingerprint density at radius 2 is 2.00 bits per heavy atom. The molecule has 1 aromatic rings. The lowest BCUT2D eigenvalue weighted by Crippen LogP contribution is -2.35. The maximum absolute atomic E-state index is 6.40. The number of benzene rings is 1. The molecule has 0 saturated heterocycles. The summed E-state index contributed by atoms with van der Waals surface area (Å²) in [4.78, 5) is 1.36. The molecule has 2 rings (SSSR count). The van der Waals surface area contributed by atoms with Crippen molar-refractivity contribution in [1.82, 2.24) is 0 Å². The summed E-state index contributed by atoms with van der Waals surface area (Å²) in [5.41, 5.74) is 7.74. The van der Waals surface area contributed by atoms with E-state index in [9.17, 15) is 0 Å². The number of hydrogen-bond acceptors (Lipinski definition) is 2. The largest absolute Gasteiger partial charge is 0.327 e. The van der Waals surface area contributed by atoms with Crippen molar-refractivity contribution >= 4 is 11.8 Å². The van der Waals surface area contributed by atoms with E-state index >= 15 is 0 Å². The summed E-state index contributed by atoms with van der Waals surface area (Å²) in [5, 5.41) is 0. The fourth-order valence-electron chi connectivity index (χ4n) is 3.06. The first-order valence-electron chi connectivity index (χ1n) is 7.64. The van der Waals surface area contributed by atoms with Crippen LogP contribution in [-0.4, -0.2) is 11.8 Å². The highest BCUT2D eigenvalue weighted by molar-refractivity contribution is 7.99. The summed E-state index contributed by atoms with van der Waals surface area (Å²) in [6, 6.07) is 9.10. The van der Waals surface area contributed by atoms with Crippen LogP contribution in [-0.2, 0) is 0 Å². The number of hydrogen-bond donors (Lipinski definition) is 1. The van der Waals surface area contributed by atoms with Gasteiger partial charge >= 0.3 is 0 Å². The van der Waals surface area contributed by atoms with Gasteiger partial charge in [-0.15, -0.1) is 11.8 Å². The molecule has 0 amide bonds. The van der Waals surface area contributed by atoms with Crippen molar-refractivity contribution in [3.8, 4) is 0 Å². The molecule has 0 heterocycles. The first-order chi connectivity index (χ1) is 9.19. The zero-order valence-corrected chi connectivity index (χ0v) is 13.1. The predicted molar refractivity (Wildman–Crippen MR) is 85.6 cm³/mol. The molecule has 0 aromatic heterocycles. The highest BCUT2D eigenvalue weighted by Crippen LogP contribution is 2.33. The van der Waals surface area contributed by atoms with Gasteiger partial charge < -0.3 is 5.73 Å². The third-order valence-corrected chi connectivity index (χ3v) is 5.65. The minimum Gasteiger partial charge on any atom is -0.327 e. The van der Waals surface area contributed by atoms with Crippen LogP contribution in [0.15, 0.2) is 29.2 Å². The topological polar surface area (TPSA) is 26.0 Å². The maximum atomic E-state index is 6.40. The summed E-state index contributed by atoms with van der Waals surface area (Å²) in [7, 11) is 0. The van der Waals surface area contributed by atoms with Crippen molar-refractivity contribution < 1.29 is 0 Å². The van der Waals surface area contributed by atoms with Crippen molar-refractivity contribution in [2.45, 2.75) is 56.9 Å². The van der Waals surface area contributed by atoms with Gasteiger partial charge in [-0.3, -0.25) is 0 Å². The summed E-state index contributed by atoms with van der Waals surface area (Å²) in [6.45, 7) is 4.47. The molecule has 1 aromatic carbocycles. The van der Waals surface area contributed by atoms with E-state index in [1.54, 1.807) is 0 Å². The van der Waals surface area contributed by atoms with E-state index < -0.39 is 0 Å². The van der Waals surface area contributed by atoms with Crippen molar-refractivity contribution in [2.24, 2.45) is 17.6 Å². The average Bonchev–Trinajstić information content (AvgIpc) is 2.45. The second-order valence-corrected chi connectivity index (χ2v) is 7.07. The van der Waals surface area contributed by atoms with E-state index in [4.69, 9.17) is 5.73 Å². The van der Waals surface area contributed by atoms with Crippen LogP contribution in [0.4, 0.5) is 0 Å². The first-order valence-corrected chi connectivity index (χ1v) is 8.62. The molecule has 19 heavy (non-hydrogen) atoms. The van der Waals surface area contributed by atoms with E-state index in [0.717, 1.165) is 17.6 Å². The van der Waals surface area contributed by atoms with E-state index in [-0.39, 0.29) is 0 Å². The van der Waals surface area contributed by atoms with E-state index in [2.05, 4.69) is 38.1 Å². The van der Waals surface area contributed by atoms with Crippen LogP contribution >= 0.6 is 11.8 Å². The standard InChI is InChI=1S/C17H27NS/c1-3-14-7-9-15(10-8-14)17(18)12-19-16-6-4-5-13(2)11-16/h4-6,11,14-15,17H,3,7-10,12,18H2,1-2H3. The Morgan fingerprint density at radius 3 is 2.63 bits per heavy atom. The lowest BCUT2D eigenvalue weighted by molar-refractivity contribution is 0.247. The molecule has 106 valence electrons. The van der Waals surface area contributed by atoms with E-state index in [0.29, 0.717) is 6.04 Å². The van der Waals surface area contributed by atoms with Crippen molar-refractivity contribution in [1.29, 1.82) is 0 Å². The fourth-order valence-corrected chi connectivity index (χ4v) is 4.16. The Kier molecular flexibility index (Phi) is 5.77. The van der Waals surface area contributed by atoms with Gasteiger partial charge in [0.15, 0.2) is 0 Å². The highest BCUT2D eigenvalue weighted by atomic mass is 32.2. The molecule has 1 unspecified atom stereocenters. The molecule has 1 aliphatic rings. The van der Waals surface area contributed by atoms with E-state index in [1.165, 1.54) is 42.6 Å². The molecule has 1 fully saturated rings. The Bertz CT molecular complexity index is 383.